The maximum absolute atomic E-state index is 5.33. The monoisotopic (exact) mass is 514 g/mol. The molecular weight excluding hydrogens is 492 g/mol. The number of imidazole rings is 1. The lowest BCUT2D eigenvalue weighted by Gasteiger charge is -2.09. The Morgan fingerprint density at radius 1 is 0.475 bits per heavy atom. The third-order valence-electron chi connectivity index (χ3n) is 7.32. The van der Waals surface area contributed by atoms with Crippen LogP contribution in [0.15, 0.2) is 134 Å². The van der Waals surface area contributed by atoms with E-state index in [1.54, 1.807) is 12.4 Å². The molecule has 0 unspecified atom stereocenters. The number of benzene rings is 4. The normalized spacial score (nSPS) is 11.5. The molecule has 0 atom stereocenters. The molecule has 0 saturated heterocycles. The minimum atomic E-state index is 0.697. The third kappa shape index (κ3) is 3.43. The van der Waals surface area contributed by atoms with Crippen LogP contribution >= 0.6 is 0 Å². The van der Waals surface area contributed by atoms with E-state index >= 15 is 0 Å². The second kappa shape index (κ2) is 8.99. The topological polar surface area (TPSA) is 61.4 Å². The molecule has 188 valence electrons. The number of hydrogen-bond donors (Lipinski definition) is 0. The summed E-state index contributed by atoms with van der Waals surface area (Å²) < 4.78 is 4.47. The van der Waals surface area contributed by atoms with Crippen LogP contribution in [0.4, 0.5) is 0 Å². The largest absolute Gasteiger partial charge is 0.309 e. The fourth-order valence-corrected chi connectivity index (χ4v) is 5.58. The minimum absolute atomic E-state index is 0.697. The molecule has 4 aromatic heterocycles. The van der Waals surface area contributed by atoms with Crippen LogP contribution in [0.5, 0.6) is 0 Å². The molecule has 0 saturated carbocycles. The van der Waals surface area contributed by atoms with Crippen LogP contribution < -0.4 is 0 Å². The first-order valence-corrected chi connectivity index (χ1v) is 13.2. The van der Waals surface area contributed by atoms with Gasteiger partial charge in [0.2, 0.25) is 0 Å². The van der Waals surface area contributed by atoms with Crippen molar-refractivity contribution in [2.75, 3.05) is 0 Å². The van der Waals surface area contributed by atoms with E-state index in [1.807, 2.05) is 48.7 Å². The van der Waals surface area contributed by atoms with E-state index < -0.39 is 0 Å². The van der Waals surface area contributed by atoms with Gasteiger partial charge in [-0.2, -0.15) is 0 Å². The van der Waals surface area contributed by atoms with Crippen molar-refractivity contribution in [1.29, 1.82) is 0 Å². The molecule has 8 aromatic rings. The summed E-state index contributed by atoms with van der Waals surface area (Å²) in [6.07, 6.45) is 5.34. The van der Waals surface area contributed by atoms with Crippen molar-refractivity contribution in [3.63, 3.8) is 0 Å². The van der Waals surface area contributed by atoms with Crippen molar-refractivity contribution < 1.29 is 0 Å². The standard InChI is InChI=1S/C34H22N6/c1-2-9-25(10-3-1)39-27-12-5-4-11-26(27)31-28(39)18-19-29-32(31)38-34(40(29)30-13-6-7-20-35-30)24-16-14-23(15-17-24)33-36-21-8-22-37-33/h1-22H. The molecule has 0 N–H and O–H groups in total. The maximum atomic E-state index is 5.33. The second-order valence-electron chi connectivity index (χ2n) is 9.62. The number of fused-ring (bicyclic) bond motifs is 5. The van der Waals surface area contributed by atoms with E-state index in [0.717, 1.165) is 55.9 Å². The van der Waals surface area contributed by atoms with Gasteiger partial charge in [-0.05, 0) is 48.5 Å². The van der Waals surface area contributed by atoms with Crippen molar-refractivity contribution in [1.82, 2.24) is 29.1 Å². The maximum Gasteiger partial charge on any atom is 0.159 e. The van der Waals surface area contributed by atoms with Gasteiger partial charge in [-0.25, -0.2) is 19.9 Å². The van der Waals surface area contributed by atoms with Gasteiger partial charge in [0.15, 0.2) is 5.82 Å². The van der Waals surface area contributed by atoms with E-state index in [9.17, 15) is 0 Å². The molecule has 6 heteroatoms. The second-order valence-corrected chi connectivity index (χ2v) is 9.62. The zero-order valence-electron chi connectivity index (χ0n) is 21.4. The van der Waals surface area contributed by atoms with Crippen LogP contribution in [0, 0.1) is 0 Å². The van der Waals surface area contributed by atoms with Crippen molar-refractivity contribution in [2.45, 2.75) is 0 Å². The first-order valence-electron chi connectivity index (χ1n) is 13.2. The van der Waals surface area contributed by atoms with Crippen LogP contribution in [0.25, 0.3) is 67.1 Å². The van der Waals surface area contributed by atoms with Crippen molar-refractivity contribution >= 4 is 32.8 Å². The molecule has 0 radical (unpaired) electrons. The molecule has 4 heterocycles. The number of rotatable bonds is 4. The van der Waals surface area contributed by atoms with Gasteiger partial charge in [0.05, 0.1) is 22.1 Å². The van der Waals surface area contributed by atoms with Crippen molar-refractivity contribution in [3.05, 3.63) is 134 Å². The molecular formula is C34H22N6. The third-order valence-corrected chi connectivity index (χ3v) is 7.32. The molecule has 0 amide bonds. The van der Waals surface area contributed by atoms with Crippen LogP contribution in [-0.2, 0) is 0 Å². The molecule has 0 aliphatic carbocycles. The zero-order chi connectivity index (χ0) is 26.5. The highest BCUT2D eigenvalue weighted by Gasteiger charge is 2.21. The number of aromatic nitrogens is 6. The van der Waals surface area contributed by atoms with Gasteiger partial charge >= 0.3 is 0 Å². The molecule has 0 aliphatic heterocycles. The minimum Gasteiger partial charge on any atom is -0.309 e. The lowest BCUT2D eigenvalue weighted by Crippen LogP contribution is -2.00. The average Bonchev–Trinajstić information content (AvgIpc) is 3.59. The van der Waals surface area contributed by atoms with Gasteiger partial charge in [0.25, 0.3) is 0 Å². The Kier molecular flexibility index (Phi) is 5.03. The quantitative estimate of drug-likeness (QED) is 0.242. The summed E-state index contributed by atoms with van der Waals surface area (Å²) in [6, 6.07) is 39.4. The summed E-state index contributed by atoms with van der Waals surface area (Å²) in [6.45, 7) is 0. The Hall–Kier alpha value is -5.62. The van der Waals surface area contributed by atoms with E-state index in [1.165, 1.54) is 5.39 Å². The lowest BCUT2D eigenvalue weighted by atomic mass is 10.1. The summed E-state index contributed by atoms with van der Waals surface area (Å²) in [4.78, 5) is 18.8. The SMILES string of the molecule is c1ccc(-n2c3ccccc3c3c4nc(-c5ccc(-c6ncccn6)cc5)n(-c5ccccn5)c4ccc32)cc1. The van der Waals surface area contributed by atoms with Crippen LogP contribution in [0.2, 0.25) is 0 Å². The Bertz CT molecular complexity index is 2130. The fourth-order valence-electron chi connectivity index (χ4n) is 5.58. The Balaban J connectivity index is 1.43. The van der Waals surface area contributed by atoms with E-state index in [-0.39, 0.29) is 0 Å². The Morgan fingerprint density at radius 3 is 1.98 bits per heavy atom. The molecule has 8 rings (SSSR count). The predicted molar refractivity (Wildman–Crippen MR) is 160 cm³/mol. The highest BCUT2D eigenvalue weighted by atomic mass is 15.1. The van der Waals surface area contributed by atoms with Crippen molar-refractivity contribution in [3.8, 4) is 34.3 Å². The summed E-state index contributed by atoms with van der Waals surface area (Å²) in [5.74, 6) is 2.35. The predicted octanol–water partition coefficient (Wildman–Crippen LogP) is 7.64. The highest BCUT2D eigenvalue weighted by Crippen LogP contribution is 2.39. The van der Waals surface area contributed by atoms with Gasteiger partial charge < -0.3 is 4.57 Å². The summed E-state index contributed by atoms with van der Waals surface area (Å²) in [5, 5.41) is 2.29. The summed E-state index contributed by atoms with van der Waals surface area (Å²) >= 11 is 0. The van der Waals surface area contributed by atoms with E-state index in [2.05, 4.69) is 91.9 Å². The molecule has 0 aliphatic rings. The van der Waals surface area contributed by atoms with Gasteiger partial charge in [-0.3, -0.25) is 4.57 Å². The molecule has 6 nitrogen and oxygen atoms in total. The molecule has 0 spiro atoms. The highest BCUT2D eigenvalue weighted by molar-refractivity contribution is 6.20. The number of hydrogen-bond acceptors (Lipinski definition) is 4. The fraction of sp³-hybridized carbons (Fsp3) is 0. The van der Waals surface area contributed by atoms with E-state index in [4.69, 9.17) is 9.97 Å². The van der Waals surface area contributed by atoms with Crippen molar-refractivity contribution in [2.24, 2.45) is 0 Å². The van der Waals surface area contributed by atoms with Gasteiger partial charge in [-0.15, -0.1) is 0 Å². The average molecular weight is 515 g/mol. The van der Waals surface area contributed by atoms with E-state index in [0.29, 0.717) is 5.82 Å². The lowest BCUT2D eigenvalue weighted by molar-refractivity contribution is 1.03. The first-order chi connectivity index (χ1) is 19.9. The van der Waals surface area contributed by atoms with Gasteiger partial charge in [-0.1, -0.05) is 66.7 Å². The number of pyridine rings is 1. The molecule has 0 bridgehead atoms. The van der Waals surface area contributed by atoms with Gasteiger partial charge in [0, 0.05) is 46.2 Å². The molecule has 4 aromatic carbocycles. The molecule has 40 heavy (non-hydrogen) atoms. The first kappa shape index (κ1) is 22.4. The number of para-hydroxylation sites is 2. The van der Waals surface area contributed by atoms with Crippen LogP contribution in [0.1, 0.15) is 0 Å². The van der Waals surface area contributed by atoms with Gasteiger partial charge in [0.1, 0.15) is 11.6 Å². The zero-order valence-corrected chi connectivity index (χ0v) is 21.4. The number of nitrogens with zero attached hydrogens (tertiary/aromatic N) is 6. The smallest absolute Gasteiger partial charge is 0.159 e. The summed E-state index contributed by atoms with van der Waals surface area (Å²) in [7, 11) is 0. The Morgan fingerprint density at radius 2 is 1.18 bits per heavy atom. The van der Waals surface area contributed by atoms with Crippen LogP contribution in [-0.4, -0.2) is 29.1 Å². The molecule has 0 fully saturated rings. The Labute approximate surface area is 229 Å². The summed E-state index contributed by atoms with van der Waals surface area (Å²) in [5.41, 5.74) is 7.29. The van der Waals surface area contributed by atoms with Crippen LogP contribution in [0.3, 0.4) is 0 Å².